The van der Waals surface area contributed by atoms with Crippen molar-refractivity contribution in [3.05, 3.63) is 64.7 Å². The molecule has 0 unspecified atom stereocenters. The van der Waals surface area contributed by atoms with Gasteiger partial charge in [-0.05, 0) is 18.2 Å². The molecule has 7 heteroatoms. The van der Waals surface area contributed by atoms with Crippen LogP contribution in [0.2, 0.25) is 0 Å². The van der Waals surface area contributed by atoms with Crippen LogP contribution >= 0.6 is 0 Å². The molecular formula is C19H23N3O4. The molecule has 138 valence electrons. The maximum Gasteiger partial charge on any atom is 0.310 e. The Morgan fingerprint density at radius 3 is 2.38 bits per heavy atom. The predicted octanol–water partition coefficient (Wildman–Crippen LogP) is 2.16. The van der Waals surface area contributed by atoms with Crippen molar-refractivity contribution in [2.75, 3.05) is 44.2 Å². The van der Waals surface area contributed by atoms with Crippen molar-refractivity contribution < 1.29 is 14.8 Å². The highest BCUT2D eigenvalue weighted by molar-refractivity contribution is 5.46. The third kappa shape index (κ3) is 4.71. The van der Waals surface area contributed by atoms with Crippen LogP contribution in [-0.2, 0) is 0 Å². The minimum atomic E-state index is -0.696. The Bertz CT molecular complexity index is 718. The van der Waals surface area contributed by atoms with Gasteiger partial charge >= 0.3 is 5.69 Å². The summed E-state index contributed by atoms with van der Waals surface area (Å²) in [6.07, 6.45) is -0.696. The number of aliphatic hydroxyl groups excluding tert-OH is 1. The van der Waals surface area contributed by atoms with Gasteiger partial charge < -0.3 is 14.7 Å². The highest BCUT2D eigenvalue weighted by atomic mass is 16.6. The van der Waals surface area contributed by atoms with E-state index in [0.717, 1.165) is 26.2 Å². The molecule has 0 radical (unpaired) electrons. The van der Waals surface area contributed by atoms with Crippen LogP contribution in [0.1, 0.15) is 0 Å². The van der Waals surface area contributed by atoms with Crippen LogP contribution in [0.15, 0.2) is 54.6 Å². The van der Waals surface area contributed by atoms with E-state index in [-0.39, 0.29) is 18.0 Å². The molecule has 1 atom stereocenters. The molecule has 0 aliphatic carbocycles. The van der Waals surface area contributed by atoms with E-state index in [1.807, 2.05) is 18.2 Å². The molecule has 3 rings (SSSR count). The van der Waals surface area contributed by atoms with Crippen LogP contribution < -0.4 is 9.64 Å². The lowest BCUT2D eigenvalue weighted by molar-refractivity contribution is -0.385. The molecule has 0 amide bonds. The number of ether oxygens (including phenoxy) is 1. The average Bonchev–Trinajstić information content (AvgIpc) is 2.68. The van der Waals surface area contributed by atoms with E-state index < -0.39 is 11.0 Å². The van der Waals surface area contributed by atoms with Gasteiger partial charge in [-0.3, -0.25) is 15.0 Å². The molecule has 1 fully saturated rings. The summed E-state index contributed by atoms with van der Waals surface area (Å²) in [6, 6.07) is 16.5. The van der Waals surface area contributed by atoms with Gasteiger partial charge in [0.1, 0.15) is 12.7 Å². The third-order valence-electron chi connectivity index (χ3n) is 4.46. The number of anilines is 1. The van der Waals surface area contributed by atoms with E-state index in [1.165, 1.54) is 11.8 Å². The fraction of sp³-hybridized carbons (Fsp3) is 0.368. The van der Waals surface area contributed by atoms with Gasteiger partial charge in [-0.15, -0.1) is 0 Å². The van der Waals surface area contributed by atoms with E-state index in [2.05, 4.69) is 21.9 Å². The minimum Gasteiger partial charge on any atom is -0.484 e. The molecule has 1 aliphatic heterocycles. The van der Waals surface area contributed by atoms with Crippen LogP contribution in [0.5, 0.6) is 5.75 Å². The van der Waals surface area contributed by atoms with Crippen LogP contribution in [0.25, 0.3) is 0 Å². The number of para-hydroxylation sites is 3. The van der Waals surface area contributed by atoms with Crippen LogP contribution in [0.3, 0.4) is 0 Å². The molecule has 2 aromatic rings. The lowest BCUT2D eigenvalue weighted by Crippen LogP contribution is -2.49. The number of hydrogen-bond acceptors (Lipinski definition) is 6. The summed E-state index contributed by atoms with van der Waals surface area (Å²) in [5.74, 6) is 0.186. The fourth-order valence-electron chi connectivity index (χ4n) is 3.09. The van der Waals surface area contributed by atoms with Gasteiger partial charge in [0, 0.05) is 44.5 Å². The monoisotopic (exact) mass is 357 g/mol. The molecule has 26 heavy (non-hydrogen) atoms. The first-order chi connectivity index (χ1) is 12.6. The van der Waals surface area contributed by atoms with Gasteiger partial charge in [0.05, 0.1) is 4.92 Å². The summed E-state index contributed by atoms with van der Waals surface area (Å²) < 4.78 is 5.46. The number of hydrogen-bond donors (Lipinski definition) is 1. The predicted molar refractivity (Wildman–Crippen MR) is 99.7 cm³/mol. The Balaban J connectivity index is 1.45. The van der Waals surface area contributed by atoms with Crippen LogP contribution in [-0.4, -0.2) is 60.4 Å². The maximum absolute atomic E-state index is 11.0. The molecule has 0 spiro atoms. The van der Waals surface area contributed by atoms with Crippen molar-refractivity contribution in [1.29, 1.82) is 0 Å². The Labute approximate surface area is 152 Å². The largest absolute Gasteiger partial charge is 0.484 e. The number of nitrogens with zero attached hydrogens (tertiary/aromatic N) is 3. The second-order valence-corrected chi connectivity index (χ2v) is 6.31. The van der Waals surface area contributed by atoms with Crippen molar-refractivity contribution in [1.82, 2.24) is 4.90 Å². The summed E-state index contributed by atoms with van der Waals surface area (Å²) in [6.45, 7) is 4.05. The number of nitro benzene ring substituents is 1. The van der Waals surface area contributed by atoms with Crippen molar-refractivity contribution in [3.8, 4) is 5.75 Å². The Kier molecular flexibility index (Phi) is 6.04. The molecular weight excluding hydrogens is 334 g/mol. The SMILES string of the molecule is O=[N+]([O-])c1ccccc1OC[C@@H](O)CN1CCN(c2ccccc2)CC1. The molecule has 0 aromatic heterocycles. The van der Waals surface area contributed by atoms with Gasteiger partial charge in [-0.2, -0.15) is 0 Å². The van der Waals surface area contributed by atoms with Gasteiger partial charge in [0.15, 0.2) is 5.75 Å². The first-order valence-corrected chi connectivity index (χ1v) is 8.70. The van der Waals surface area contributed by atoms with E-state index in [4.69, 9.17) is 4.74 Å². The Morgan fingerprint density at radius 2 is 1.69 bits per heavy atom. The zero-order valence-corrected chi connectivity index (χ0v) is 14.5. The molecule has 1 saturated heterocycles. The first-order valence-electron chi connectivity index (χ1n) is 8.70. The quantitative estimate of drug-likeness (QED) is 0.604. The van der Waals surface area contributed by atoms with Crippen LogP contribution in [0.4, 0.5) is 11.4 Å². The molecule has 0 bridgehead atoms. The highest BCUT2D eigenvalue weighted by Gasteiger charge is 2.21. The lowest BCUT2D eigenvalue weighted by Gasteiger charge is -2.36. The second-order valence-electron chi connectivity index (χ2n) is 6.31. The van der Waals surface area contributed by atoms with Crippen molar-refractivity contribution >= 4 is 11.4 Å². The molecule has 7 nitrogen and oxygen atoms in total. The van der Waals surface area contributed by atoms with Crippen molar-refractivity contribution in [2.45, 2.75) is 6.10 Å². The zero-order chi connectivity index (χ0) is 18.4. The van der Waals surface area contributed by atoms with E-state index in [9.17, 15) is 15.2 Å². The molecule has 1 aliphatic rings. The normalized spacial score (nSPS) is 16.3. The Morgan fingerprint density at radius 1 is 1.04 bits per heavy atom. The number of benzene rings is 2. The smallest absolute Gasteiger partial charge is 0.310 e. The minimum absolute atomic E-state index is 0.0315. The first kappa shape index (κ1) is 18.2. The number of rotatable bonds is 7. The van der Waals surface area contributed by atoms with E-state index >= 15 is 0 Å². The van der Waals surface area contributed by atoms with Crippen LogP contribution in [0, 0.1) is 10.1 Å². The van der Waals surface area contributed by atoms with Gasteiger partial charge in [-0.1, -0.05) is 30.3 Å². The molecule has 1 heterocycles. The number of nitro groups is 1. The van der Waals surface area contributed by atoms with E-state index in [0.29, 0.717) is 6.54 Å². The summed E-state index contributed by atoms with van der Waals surface area (Å²) in [5, 5.41) is 21.2. The topological polar surface area (TPSA) is 79.1 Å². The van der Waals surface area contributed by atoms with Crippen molar-refractivity contribution in [2.24, 2.45) is 0 Å². The number of β-amino-alcohol motifs (C(OH)–C–C–N with tert-alkyl or cyclic N) is 1. The summed E-state index contributed by atoms with van der Waals surface area (Å²) in [7, 11) is 0. The van der Waals surface area contributed by atoms with E-state index in [1.54, 1.807) is 18.2 Å². The summed E-state index contributed by atoms with van der Waals surface area (Å²) in [5.41, 5.74) is 1.13. The van der Waals surface area contributed by atoms with Gasteiger partial charge in [0.25, 0.3) is 0 Å². The fourth-order valence-corrected chi connectivity index (χ4v) is 3.09. The average molecular weight is 357 g/mol. The Hall–Kier alpha value is -2.64. The summed E-state index contributed by atoms with van der Waals surface area (Å²) in [4.78, 5) is 15.0. The van der Waals surface area contributed by atoms with Gasteiger partial charge in [0.2, 0.25) is 0 Å². The number of aliphatic hydroxyl groups is 1. The number of piperazine rings is 1. The summed E-state index contributed by atoms with van der Waals surface area (Å²) >= 11 is 0. The molecule has 0 saturated carbocycles. The molecule has 2 aromatic carbocycles. The standard InChI is InChI=1S/C19H23N3O4/c23-17(15-26-19-9-5-4-8-18(19)22(24)25)14-20-10-12-21(13-11-20)16-6-2-1-3-7-16/h1-9,17,23H,10-15H2/t17-/m0/s1. The van der Waals surface area contributed by atoms with Crippen molar-refractivity contribution in [3.63, 3.8) is 0 Å². The second kappa shape index (κ2) is 8.64. The lowest BCUT2D eigenvalue weighted by atomic mass is 10.2. The third-order valence-corrected chi connectivity index (χ3v) is 4.46. The van der Waals surface area contributed by atoms with Gasteiger partial charge in [-0.25, -0.2) is 0 Å². The molecule has 1 N–H and O–H groups in total. The zero-order valence-electron chi connectivity index (χ0n) is 14.5. The maximum atomic E-state index is 11.0. The highest BCUT2D eigenvalue weighted by Crippen LogP contribution is 2.25.